The highest BCUT2D eigenvalue weighted by atomic mass is 14.5. The highest BCUT2D eigenvalue weighted by molar-refractivity contribution is 5.26. The molecule has 1 atom stereocenters. The number of nitrogens with two attached hydrogens (primary N) is 1. The van der Waals surface area contributed by atoms with Crippen LogP contribution < -0.4 is 5.73 Å². The molecule has 0 saturated carbocycles. The van der Waals surface area contributed by atoms with E-state index in [1.54, 1.807) is 0 Å². The fourth-order valence-electron chi connectivity index (χ4n) is 1.63. The SMILES string of the molecule is CC(C)Cc1cccc(C(C)CN)c1. The van der Waals surface area contributed by atoms with E-state index in [0.29, 0.717) is 5.92 Å². The molecular weight excluding hydrogens is 170 g/mol. The topological polar surface area (TPSA) is 26.0 Å². The smallest absolute Gasteiger partial charge is 0.00109 e. The Hall–Kier alpha value is -0.820. The first-order chi connectivity index (χ1) is 6.63. The zero-order valence-electron chi connectivity index (χ0n) is 9.46. The molecule has 0 spiro atoms. The minimum Gasteiger partial charge on any atom is -0.330 e. The maximum Gasteiger partial charge on any atom is -0.00109 e. The Bertz CT molecular complexity index is 278. The molecule has 78 valence electrons. The summed E-state index contributed by atoms with van der Waals surface area (Å²) < 4.78 is 0. The Morgan fingerprint density at radius 3 is 2.50 bits per heavy atom. The van der Waals surface area contributed by atoms with Crippen LogP contribution in [0.25, 0.3) is 0 Å². The molecule has 1 unspecified atom stereocenters. The van der Waals surface area contributed by atoms with Gasteiger partial charge in [-0.2, -0.15) is 0 Å². The summed E-state index contributed by atoms with van der Waals surface area (Å²) in [6, 6.07) is 8.80. The largest absolute Gasteiger partial charge is 0.330 e. The van der Waals surface area contributed by atoms with Crippen LogP contribution in [0.4, 0.5) is 0 Å². The predicted molar refractivity (Wildman–Crippen MR) is 62.5 cm³/mol. The lowest BCUT2D eigenvalue weighted by atomic mass is 9.96. The van der Waals surface area contributed by atoms with Crippen LogP contribution in [0.1, 0.15) is 37.8 Å². The minimum absolute atomic E-state index is 0.474. The van der Waals surface area contributed by atoms with Crippen molar-refractivity contribution >= 4 is 0 Å². The van der Waals surface area contributed by atoms with Gasteiger partial charge in [-0.1, -0.05) is 45.0 Å². The lowest BCUT2D eigenvalue weighted by Gasteiger charge is -2.11. The molecule has 1 aromatic rings. The Kier molecular flexibility index (Phi) is 4.15. The molecule has 0 aliphatic rings. The van der Waals surface area contributed by atoms with Crippen LogP contribution in [-0.4, -0.2) is 6.54 Å². The Labute approximate surface area is 87.3 Å². The molecule has 0 aromatic heterocycles. The van der Waals surface area contributed by atoms with E-state index >= 15 is 0 Å². The van der Waals surface area contributed by atoms with Crippen LogP contribution >= 0.6 is 0 Å². The monoisotopic (exact) mass is 191 g/mol. The van der Waals surface area contributed by atoms with Gasteiger partial charge in [0.05, 0.1) is 0 Å². The van der Waals surface area contributed by atoms with Crippen molar-refractivity contribution in [1.29, 1.82) is 0 Å². The number of hydrogen-bond acceptors (Lipinski definition) is 1. The molecule has 0 aliphatic heterocycles. The minimum atomic E-state index is 0.474. The van der Waals surface area contributed by atoms with Crippen molar-refractivity contribution in [2.24, 2.45) is 11.7 Å². The quantitative estimate of drug-likeness (QED) is 0.778. The van der Waals surface area contributed by atoms with Gasteiger partial charge in [0.1, 0.15) is 0 Å². The first-order valence-corrected chi connectivity index (χ1v) is 5.42. The normalized spacial score (nSPS) is 13.2. The van der Waals surface area contributed by atoms with E-state index in [2.05, 4.69) is 45.0 Å². The first kappa shape index (κ1) is 11.3. The van der Waals surface area contributed by atoms with Gasteiger partial charge < -0.3 is 5.73 Å². The van der Waals surface area contributed by atoms with E-state index in [9.17, 15) is 0 Å². The van der Waals surface area contributed by atoms with Crippen LogP contribution in [-0.2, 0) is 6.42 Å². The van der Waals surface area contributed by atoms with Crippen molar-refractivity contribution < 1.29 is 0 Å². The van der Waals surface area contributed by atoms with Gasteiger partial charge in [-0.15, -0.1) is 0 Å². The molecule has 1 aromatic carbocycles. The summed E-state index contributed by atoms with van der Waals surface area (Å²) in [5.74, 6) is 1.19. The van der Waals surface area contributed by atoms with Crippen LogP contribution in [0.5, 0.6) is 0 Å². The second kappa shape index (κ2) is 5.16. The van der Waals surface area contributed by atoms with Crippen LogP contribution in [0.15, 0.2) is 24.3 Å². The molecule has 2 N–H and O–H groups in total. The number of hydrogen-bond donors (Lipinski definition) is 1. The van der Waals surface area contributed by atoms with E-state index in [1.165, 1.54) is 11.1 Å². The lowest BCUT2D eigenvalue weighted by Crippen LogP contribution is -2.09. The maximum atomic E-state index is 5.66. The van der Waals surface area contributed by atoms with Gasteiger partial charge in [0, 0.05) is 0 Å². The van der Waals surface area contributed by atoms with Crippen molar-refractivity contribution in [1.82, 2.24) is 0 Å². The highest BCUT2D eigenvalue weighted by Crippen LogP contribution is 2.17. The summed E-state index contributed by atoms with van der Waals surface area (Å²) in [4.78, 5) is 0. The average Bonchev–Trinajstić information content (AvgIpc) is 2.16. The van der Waals surface area contributed by atoms with E-state index in [0.717, 1.165) is 18.9 Å². The molecule has 0 fully saturated rings. The van der Waals surface area contributed by atoms with Gasteiger partial charge in [-0.05, 0) is 35.9 Å². The van der Waals surface area contributed by atoms with Crippen molar-refractivity contribution in [3.05, 3.63) is 35.4 Å². The van der Waals surface area contributed by atoms with E-state index in [4.69, 9.17) is 5.73 Å². The number of rotatable bonds is 4. The molecule has 14 heavy (non-hydrogen) atoms. The third kappa shape index (κ3) is 3.15. The summed E-state index contributed by atoms with van der Waals surface area (Å²) in [7, 11) is 0. The highest BCUT2D eigenvalue weighted by Gasteiger charge is 2.04. The molecular formula is C13H21N. The van der Waals surface area contributed by atoms with Crippen LogP contribution in [0.3, 0.4) is 0 Å². The third-order valence-corrected chi connectivity index (χ3v) is 2.52. The van der Waals surface area contributed by atoms with Crippen LogP contribution in [0, 0.1) is 5.92 Å². The van der Waals surface area contributed by atoms with Gasteiger partial charge >= 0.3 is 0 Å². The van der Waals surface area contributed by atoms with Crippen molar-refractivity contribution in [2.75, 3.05) is 6.54 Å². The molecule has 0 aliphatic carbocycles. The van der Waals surface area contributed by atoms with Crippen molar-refractivity contribution in [3.8, 4) is 0 Å². The Morgan fingerprint density at radius 2 is 1.93 bits per heavy atom. The summed E-state index contributed by atoms with van der Waals surface area (Å²) in [5.41, 5.74) is 8.45. The Balaban J connectivity index is 2.78. The van der Waals surface area contributed by atoms with E-state index < -0.39 is 0 Å². The first-order valence-electron chi connectivity index (χ1n) is 5.42. The van der Waals surface area contributed by atoms with Crippen molar-refractivity contribution in [2.45, 2.75) is 33.1 Å². The fraction of sp³-hybridized carbons (Fsp3) is 0.538. The molecule has 0 heterocycles. The number of benzene rings is 1. The molecule has 0 radical (unpaired) electrons. The van der Waals surface area contributed by atoms with E-state index in [-0.39, 0.29) is 0 Å². The zero-order chi connectivity index (χ0) is 10.6. The second-order valence-electron chi connectivity index (χ2n) is 4.48. The zero-order valence-corrected chi connectivity index (χ0v) is 9.46. The Morgan fingerprint density at radius 1 is 1.21 bits per heavy atom. The summed E-state index contributed by atoms with van der Waals surface area (Å²) in [6.45, 7) is 7.40. The standard InChI is InChI=1S/C13H21N/c1-10(2)7-12-5-4-6-13(8-12)11(3)9-14/h4-6,8,10-11H,7,9,14H2,1-3H3. The van der Waals surface area contributed by atoms with Crippen molar-refractivity contribution in [3.63, 3.8) is 0 Å². The lowest BCUT2D eigenvalue weighted by molar-refractivity contribution is 0.645. The molecule has 1 nitrogen and oxygen atoms in total. The third-order valence-electron chi connectivity index (χ3n) is 2.52. The van der Waals surface area contributed by atoms with Gasteiger partial charge in [-0.25, -0.2) is 0 Å². The molecule has 0 bridgehead atoms. The molecule has 1 heteroatoms. The van der Waals surface area contributed by atoms with Gasteiger partial charge in [0.2, 0.25) is 0 Å². The van der Waals surface area contributed by atoms with E-state index in [1.807, 2.05) is 0 Å². The van der Waals surface area contributed by atoms with Crippen LogP contribution in [0.2, 0.25) is 0 Å². The fourth-order valence-corrected chi connectivity index (χ4v) is 1.63. The van der Waals surface area contributed by atoms with Gasteiger partial charge in [0.15, 0.2) is 0 Å². The average molecular weight is 191 g/mol. The van der Waals surface area contributed by atoms with Gasteiger partial charge in [0.25, 0.3) is 0 Å². The maximum absolute atomic E-state index is 5.66. The summed E-state index contributed by atoms with van der Waals surface area (Å²) in [6.07, 6.45) is 1.16. The second-order valence-corrected chi connectivity index (χ2v) is 4.48. The molecule has 0 saturated heterocycles. The summed E-state index contributed by atoms with van der Waals surface area (Å²) >= 11 is 0. The van der Waals surface area contributed by atoms with Gasteiger partial charge in [-0.3, -0.25) is 0 Å². The molecule has 1 rings (SSSR count). The predicted octanol–water partition coefficient (Wildman–Crippen LogP) is 2.95. The molecule has 0 amide bonds. The summed E-state index contributed by atoms with van der Waals surface area (Å²) in [5, 5.41) is 0.